The molecule has 1 aromatic rings. The van der Waals surface area contributed by atoms with Crippen molar-refractivity contribution < 1.29 is 33.2 Å². The Bertz CT molecular complexity index is 799. The molecular weight excluding hydrogens is 445 g/mol. The SMILES string of the molecule is COC1C(CCP(=O)(N[C@@H](C)C(=O)OC(C)C)Oc2ccccc2)OC(C2CCCC2)C1O. The number of aliphatic hydroxyl groups is 1. The predicted molar refractivity (Wildman–Crippen MR) is 125 cm³/mol. The van der Waals surface area contributed by atoms with E-state index in [1.807, 2.05) is 6.07 Å². The molecule has 0 aromatic heterocycles. The van der Waals surface area contributed by atoms with Gasteiger partial charge in [-0.1, -0.05) is 31.0 Å². The molecule has 1 heterocycles. The van der Waals surface area contributed by atoms with Gasteiger partial charge in [-0.15, -0.1) is 0 Å². The van der Waals surface area contributed by atoms with Crippen molar-refractivity contribution in [3.05, 3.63) is 30.3 Å². The summed E-state index contributed by atoms with van der Waals surface area (Å²) in [6.07, 6.45) is 2.65. The molecule has 2 aliphatic rings. The lowest BCUT2D eigenvalue weighted by atomic mass is 9.94. The topological polar surface area (TPSA) is 103 Å². The van der Waals surface area contributed by atoms with Crippen molar-refractivity contribution in [1.29, 1.82) is 0 Å². The first-order chi connectivity index (χ1) is 15.7. The molecule has 9 heteroatoms. The Balaban J connectivity index is 1.70. The normalized spacial score (nSPS) is 28.5. The van der Waals surface area contributed by atoms with Crippen molar-refractivity contribution >= 4 is 13.5 Å². The quantitative estimate of drug-likeness (QED) is 0.361. The van der Waals surface area contributed by atoms with Crippen molar-refractivity contribution in [2.75, 3.05) is 13.3 Å². The van der Waals surface area contributed by atoms with Gasteiger partial charge in [-0.25, -0.2) is 5.09 Å². The van der Waals surface area contributed by atoms with E-state index in [0.29, 0.717) is 18.1 Å². The molecule has 3 rings (SSSR count). The zero-order valence-electron chi connectivity index (χ0n) is 20.0. The zero-order chi connectivity index (χ0) is 24.0. The first-order valence-electron chi connectivity index (χ1n) is 11.9. The molecule has 1 aliphatic carbocycles. The summed E-state index contributed by atoms with van der Waals surface area (Å²) in [6.45, 7) is 5.13. The van der Waals surface area contributed by atoms with E-state index in [1.165, 1.54) is 0 Å². The Morgan fingerprint density at radius 1 is 1.21 bits per heavy atom. The fourth-order valence-electron chi connectivity index (χ4n) is 4.73. The lowest BCUT2D eigenvalue weighted by Gasteiger charge is -2.26. The van der Waals surface area contributed by atoms with Gasteiger partial charge in [0.1, 0.15) is 24.0 Å². The monoisotopic (exact) mass is 483 g/mol. The molecule has 6 atom stereocenters. The minimum Gasteiger partial charge on any atom is -0.462 e. The number of hydrogen-bond donors (Lipinski definition) is 2. The number of methoxy groups -OCH3 is 1. The Labute approximate surface area is 196 Å². The average Bonchev–Trinajstić information content (AvgIpc) is 3.40. The Kier molecular flexibility index (Phi) is 9.36. The molecule has 186 valence electrons. The number of hydrogen-bond acceptors (Lipinski definition) is 7. The molecule has 1 aliphatic heterocycles. The van der Waals surface area contributed by atoms with Crippen LogP contribution in [0.2, 0.25) is 0 Å². The van der Waals surface area contributed by atoms with Crippen LogP contribution in [-0.4, -0.2) is 60.9 Å². The smallest absolute Gasteiger partial charge is 0.323 e. The number of aliphatic hydroxyl groups excluding tert-OH is 1. The third-order valence-electron chi connectivity index (χ3n) is 6.31. The van der Waals surface area contributed by atoms with Gasteiger partial charge in [0, 0.05) is 7.11 Å². The minimum absolute atomic E-state index is 0.107. The second-order valence-electron chi connectivity index (χ2n) is 9.30. The van der Waals surface area contributed by atoms with Crippen LogP contribution in [0.1, 0.15) is 52.9 Å². The maximum atomic E-state index is 13.9. The Morgan fingerprint density at radius 3 is 2.48 bits per heavy atom. The lowest BCUT2D eigenvalue weighted by molar-refractivity contribution is -0.149. The number of rotatable bonds is 11. The van der Waals surface area contributed by atoms with Gasteiger partial charge in [0.15, 0.2) is 0 Å². The van der Waals surface area contributed by atoms with Crippen LogP contribution in [0.25, 0.3) is 0 Å². The molecule has 5 unspecified atom stereocenters. The summed E-state index contributed by atoms with van der Waals surface area (Å²) >= 11 is 0. The molecule has 2 N–H and O–H groups in total. The molecule has 1 aromatic carbocycles. The summed E-state index contributed by atoms with van der Waals surface area (Å²) in [4.78, 5) is 12.3. The van der Waals surface area contributed by atoms with E-state index in [1.54, 1.807) is 52.1 Å². The molecule has 0 radical (unpaired) electrons. The molecule has 0 amide bonds. The first-order valence-corrected chi connectivity index (χ1v) is 13.7. The van der Waals surface area contributed by atoms with Crippen molar-refractivity contribution in [1.82, 2.24) is 5.09 Å². The van der Waals surface area contributed by atoms with Crippen molar-refractivity contribution in [3.63, 3.8) is 0 Å². The van der Waals surface area contributed by atoms with E-state index in [9.17, 15) is 14.5 Å². The summed E-state index contributed by atoms with van der Waals surface area (Å²) in [5.74, 6) is 0.265. The van der Waals surface area contributed by atoms with E-state index < -0.39 is 37.8 Å². The van der Waals surface area contributed by atoms with Crippen LogP contribution >= 0.6 is 7.52 Å². The number of benzene rings is 1. The van der Waals surface area contributed by atoms with Crippen LogP contribution in [0.15, 0.2) is 30.3 Å². The summed E-state index contributed by atoms with van der Waals surface area (Å²) in [7, 11) is -1.96. The number of ether oxygens (including phenoxy) is 3. The van der Waals surface area contributed by atoms with Crippen LogP contribution in [0, 0.1) is 5.92 Å². The van der Waals surface area contributed by atoms with Crippen molar-refractivity contribution in [3.8, 4) is 5.75 Å². The average molecular weight is 484 g/mol. The van der Waals surface area contributed by atoms with E-state index >= 15 is 0 Å². The molecule has 8 nitrogen and oxygen atoms in total. The molecular formula is C24H38NO7P. The van der Waals surface area contributed by atoms with Gasteiger partial charge < -0.3 is 23.8 Å². The van der Waals surface area contributed by atoms with Crippen LogP contribution < -0.4 is 9.61 Å². The number of carbonyl (C=O) groups is 1. The van der Waals surface area contributed by atoms with Crippen LogP contribution in [0.3, 0.4) is 0 Å². The Morgan fingerprint density at radius 2 is 1.88 bits per heavy atom. The van der Waals surface area contributed by atoms with Crippen molar-refractivity contribution in [2.45, 2.75) is 89.4 Å². The second kappa shape index (κ2) is 11.8. The number of nitrogens with one attached hydrogen (secondary N) is 1. The number of esters is 1. The van der Waals surface area contributed by atoms with Gasteiger partial charge >= 0.3 is 13.5 Å². The second-order valence-corrected chi connectivity index (χ2v) is 11.5. The summed E-state index contributed by atoms with van der Waals surface area (Å²) in [5.41, 5.74) is 0. The van der Waals surface area contributed by atoms with Crippen LogP contribution in [0.4, 0.5) is 0 Å². The van der Waals surface area contributed by atoms with Gasteiger partial charge in [0.2, 0.25) is 0 Å². The maximum Gasteiger partial charge on any atom is 0.323 e. The van der Waals surface area contributed by atoms with Crippen LogP contribution in [0.5, 0.6) is 5.75 Å². The third-order valence-corrected chi connectivity index (χ3v) is 8.44. The van der Waals surface area contributed by atoms with Gasteiger partial charge in [-0.05, 0) is 58.1 Å². The van der Waals surface area contributed by atoms with Gasteiger partial charge in [-0.3, -0.25) is 9.36 Å². The summed E-state index contributed by atoms with van der Waals surface area (Å²) < 4.78 is 36.8. The largest absolute Gasteiger partial charge is 0.462 e. The third kappa shape index (κ3) is 7.03. The van der Waals surface area contributed by atoms with E-state index in [0.717, 1.165) is 25.7 Å². The van der Waals surface area contributed by atoms with Crippen molar-refractivity contribution in [2.24, 2.45) is 5.92 Å². The predicted octanol–water partition coefficient (Wildman–Crippen LogP) is 3.91. The zero-order valence-corrected chi connectivity index (χ0v) is 20.9. The van der Waals surface area contributed by atoms with Crippen LogP contribution in [-0.2, 0) is 23.6 Å². The minimum atomic E-state index is -3.52. The number of carbonyl (C=O) groups excluding carboxylic acids is 1. The molecule has 33 heavy (non-hydrogen) atoms. The maximum absolute atomic E-state index is 13.9. The summed E-state index contributed by atoms with van der Waals surface area (Å²) in [6, 6.07) is 8.04. The highest BCUT2D eigenvalue weighted by molar-refractivity contribution is 7.57. The fraction of sp³-hybridized carbons (Fsp3) is 0.708. The molecule has 0 spiro atoms. The summed E-state index contributed by atoms with van der Waals surface area (Å²) in [5, 5.41) is 13.7. The van der Waals surface area contributed by atoms with E-state index in [4.69, 9.17) is 18.7 Å². The highest BCUT2D eigenvalue weighted by atomic mass is 31.2. The first kappa shape index (κ1) is 26.2. The lowest BCUT2D eigenvalue weighted by Crippen LogP contribution is -2.38. The molecule has 0 bridgehead atoms. The molecule has 1 saturated carbocycles. The standard InChI is InChI=1S/C24H38NO7P/c1-16(2)30-24(27)17(3)25-33(28,32-19-12-6-5-7-13-19)15-14-20-23(29-4)21(26)22(31-20)18-10-8-9-11-18/h5-7,12-13,16-18,20-23,26H,8-11,14-15H2,1-4H3,(H,25,28)/t17-,20?,21?,22?,23?,33?/m0/s1. The van der Waals surface area contributed by atoms with Gasteiger partial charge in [0.25, 0.3) is 0 Å². The highest BCUT2D eigenvalue weighted by Gasteiger charge is 2.48. The van der Waals surface area contributed by atoms with Gasteiger partial charge in [0.05, 0.1) is 24.5 Å². The molecule has 1 saturated heterocycles. The number of para-hydroxylation sites is 1. The fourth-order valence-corrected chi connectivity index (χ4v) is 6.76. The Hall–Kier alpha value is -1.44. The van der Waals surface area contributed by atoms with Gasteiger partial charge in [-0.2, -0.15) is 0 Å². The van der Waals surface area contributed by atoms with E-state index in [-0.39, 0.29) is 18.4 Å². The molecule has 2 fully saturated rings. The highest BCUT2D eigenvalue weighted by Crippen LogP contribution is 2.46. The van der Waals surface area contributed by atoms with E-state index in [2.05, 4.69) is 5.09 Å².